The van der Waals surface area contributed by atoms with Crippen LogP contribution in [0.5, 0.6) is 11.5 Å². The highest BCUT2D eigenvalue weighted by Gasteiger charge is 2.26. The van der Waals surface area contributed by atoms with Gasteiger partial charge < -0.3 is 24.7 Å². The summed E-state index contributed by atoms with van der Waals surface area (Å²) >= 11 is 0. The topological polar surface area (TPSA) is 83.7 Å². The Morgan fingerprint density at radius 1 is 0.947 bits per heavy atom. The number of carbonyl (C=O) groups is 2. The molecular formula is C29H27F2N3O4. The van der Waals surface area contributed by atoms with Crippen LogP contribution in [0.3, 0.4) is 0 Å². The van der Waals surface area contributed by atoms with Gasteiger partial charge in [-0.25, -0.2) is 4.39 Å². The van der Waals surface area contributed by atoms with E-state index in [9.17, 15) is 18.4 Å². The van der Waals surface area contributed by atoms with E-state index in [4.69, 9.17) is 9.47 Å². The molecule has 1 aliphatic rings. The van der Waals surface area contributed by atoms with Crippen molar-refractivity contribution in [1.82, 2.24) is 9.88 Å². The quantitative estimate of drug-likeness (QED) is 0.341. The number of aromatic amines is 1. The maximum Gasteiger partial charge on any atom is 0.258 e. The Balaban J connectivity index is 1.21. The first-order valence-electron chi connectivity index (χ1n) is 12.3. The van der Waals surface area contributed by atoms with E-state index in [0.29, 0.717) is 24.3 Å². The fraction of sp³-hybridized carbons (Fsp3) is 0.241. The highest BCUT2D eigenvalue weighted by molar-refractivity contribution is 6.05. The van der Waals surface area contributed by atoms with Crippen LogP contribution in [-0.4, -0.2) is 49.0 Å². The van der Waals surface area contributed by atoms with Crippen LogP contribution in [0, 0.1) is 11.6 Å². The lowest BCUT2D eigenvalue weighted by atomic mass is 9.89. The zero-order valence-electron chi connectivity index (χ0n) is 21.0. The summed E-state index contributed by atoms with van der Waals surface area (Å²) in [6.45, 7) is 1.30. The number of anilines is 1. The zero-order valence-corrected chi connectivity index (χ0v) is 21.0. The number of hydrogen-bond acceptors (Lipinski definition) is 4. The Hall–Kier alpha value is -4.40. The van der Waals surface area contributed by atoms with Gasteiger partial charge in [-0.05, 0) is 66.1 Å². The van der Waals surface area contributed by atoms with E-state index in [1.807, 2.05) is 47.5 Å². The largest absolute Gasteiger partial charge is 0.494 e. The van der Waals surface area contributed by atoms with Crippen LogP contribution in [0.15, 0.2) is 60.8 Å². The van der Waals surface area contributed by atoms with E-state index in [-0.39, 0.29) is 17.6 Å². The lowest BCUT2D eigenvalue weighted by Crippen LogP contribution is -2.37. The number of benzene rings is 3. The molecule has 3 aromatic carbocycles. The summed E-state index contributed by atoms with van der Waals surface area (Å²) in [5.74, 6) is -3.54. The minimum Gasteiger partial charge on any atom is -0.494 e. The molecule has 0 unspecified atom stereocenters. The summed E-state index contributed by atoms with van der Waals surface area (Å²) in [4.78, 5) is 30.8. The van der Waals surface area contributed by atoms with Crippen LogP contribution < -0.4 is 14.8 Å². The van der Waals surface area contributed by atoms with E-state index in [0.717, 1.165) is 42.5 Å². The predicted molar refractivity (Wildman–Crippen MR) is 140 cm³/mol. The van der Waals surface area contributed by atoms with Gasteiger partial charge in [-0.15, -0.1) is 0 Å². The van der Waals surface area contributed by atoms with E-state index in [1.165, 1.54) is 7.11 Å². The number of halogens is 2. The number of nitrogens with one attached hydrogen (secondary N) is 2. The molecule has 0 bridgehead atoms. The van der Waals surface area contributed by atoms with Crippen LogP contribution >= 0.6 is 0 Å². The Morgan fingerprint density at radius 2 is 1.68 bits per heavy atom. The van der Waals surface area contributed by atoms with E-state index < -0.39 is 28.9 Å². The summed E-state index contributed by atoms with van der Waals surface area (Å²) in [5, 5.41) is 3.71. The number of H-pyrrole nitrogens is 1. The van der Waals surface area contributed by atoms with Crippen LogP contribution in [-0.2, 0) is 0 Å². The van der Waals surface area contributed by atoms with Gasteiger partial charge in [0.2, 0.25) is 5.82 Å². The maximum atomic E-state index is 14.7. The molecule has 0 radical (unpaired) electrons. The first-order valence-corrected chi connectivity index (χ1v) is 12.3. The molecule has 7 nitrogen and oxygen atoms in total. The molecule has 2 heterocycles. The number of carbonyl (C=O) groups excluding carboxylic acids is 2. The third-order valence-corrected chi connectivity index (χ3v) is 7.02. The number of likely N-dealkylation sites (tertiary alicyclic amines) is 1. The molecular weight excluding hydrogens is 492 g/mol. The van der Waals surface area contributed by atoms with Crippen LogP contribution in [0.4, 0.5) is 14.5 Å². The number of fused-ring (bicyclic) bond motifs is 1. The zero-order chi connectivity index (χ0) is 26.8. The SMILES string of the molecule is COc1cc(C(=O)Nc2ccc(C3CCN(C(=O)c4ccc5cc[nH]c5c4)CC3)cc2)c(F)c(OC)c1F. The van der Waals surface area contributed by atoms with Gasteiger partial charge in [-0.3, -0.25) is 9.59 Å². The third kappa shape index (κ3) is 4.79. The average Bonchev–Trinajstić information content (AvgIpc) is 3.42. The summed E-state index contributed by atoms with van der Waals surface area (Å²) in [6.07, 6.45) is 3.50. The van der Waals surface area contributed by atoms with Gasteiger partial charge in [0.25, 0.3) is 11.8 Å². The Labute approximate surface area is 218 Å². The number of aromatic nitrogens is 1. The maximum absolute atomic E-state index is 14.7. The highest BCUT2D eigenvalue weighted by Crippen LogP contribution is 2.33. The molecule has 0 spiro atoms. The average molecular weight is 520 g/mol. The lowest BCUT2D eigenvalue weighted by Gasteiger charge is -2.32. The first-order chi connectivity index (χ1) is 18.4. The fourth-order valence-corrected chi connectivity index (χ4v) is 4.90. The second-order valence-corrected chi connectivity index (χ2v) is 9.21. The predicted octanol–water partition coefficient (Wildman–Crippen LogP) is 5.74. The molecule has 38 heavy (non-hydrogen) atoms. The summed E-state index contributed by atoms with van der Waals surface area (Å²) < 4.78 is 38.5. The van der Waals surface area contributed by atoms with Gasteiger partial charge >= 0.3 is 0 Å². The van der Waals surface area contributed by atoms with E-state index in [1.54, 1.807) is 12.1 Å². The van der Waals surface area contributed by atoms with Crippen LogP contribution in [0.1, 0.15) is 45.0 Å². The molecule has 2 N–H and O–H groups in total. The molecule has 196 valence electrons. The van der Waals surface area contributed by atoms with Gasteiger partial charge in [-0.2, -0.15) is 4.39 Å². The Morgan fingerprint density at radius 3 is 2.37 bits per heavy atom. The van der Waals surface area contributed by atoms with Crippen molar-refractivity contribution in [3.8, 4) is 11.5 Å². The normalized spacial score (nSPS) is 13.9. The van der Waals surface area contributed by atoms with Crippen molar-refractivity contribution in [1.29, 1.82) is 0 Å². The van der Waals surface area contributed by atoms with Gasteiger partial charge in [0.1, 0.15) is 0 Å². The molecule has 5 rings (SSSR count). The summed E-state index contributed by atoms with van der Waals surface area (Å²) in [6, 6.07) is 16.0. The monoisotopic (exact) mass is 519 g/mol. The molecule has 0 atom stereocenters. The van der Waals surface area contributed by atoms with E-state index in [2.05, 4.69) is 10.3 Å². The van der Waals surface area contributed by atoms with Gasteiger partial charge in [0.05, 0.1) is 19.8 Å². The molecule has 9 heteroatoms. The standard InChI is InChI=1S/C29H27F2N3O4/c1-37-24-16-22(25(30)27(38-2)26(24)31)28(35)33-21-7-5-17(6-8-21)18-10-13-34(14-11-18)29(36)20-4-3-19-9-12-32-23(19)15-20/h3-9,12,15-16,18,32H,10-11,13-14H2,1-2H3,(H,33,35). The minimum absolute atomic E-state index is 0.0271. The minimum atomic E-state index is -1.10. The first kappa shape index (κ1) is 25.3. The lowest BCUT2D eigenvalue weighted by molar-refractivity contribution is 0.0713. The smallest absolute Gasteiger partial charge is 0.258 e. The molecule has 4 aromatic rings. The van der Waals surface area contributed by atoms with Crippen molar-refractivity contribution >= 4 is 28.4 Å². The summed E-state index contributed by atoms with van der Waals surface area (Å²) in [5.41, 5.74) is 2.79. The van der Waals surface area contributed by atoms with E-state index >= 15 is 0 Å². The second kappa shape index (κ2) is 10.5. The molecule has 1 fully saturated rings. The summed E-state index contributed by atoms with van der Waals surface area (Å²) in [7, 11) is 2.34. The molecule has 1 saturated heterocycles. The number of piperidine rings is 1. The van der Waals surface area contributed by atoms with Gasteiger partial charge in [0.15, 0.2) is 17.3 Å². The second-order valence-electron chi connectivity index (χ2n) is 9.21. The molecule has 2 amide bonds. The number of methoxy groups -OCH3 is 2. The number of nitrogens with zero attached hydrogens (tertiary/aromatic N) is 1. The van der Waals surface area contributed by atoms with Crippen molar-refractivity contribution in [2.24, 2.45) is 0 Å². The molecule has 1 aromatic heterocycles. The number of amides is 2. The van der Waals surface area contributed by atoms with Crippen LogP contribution in [0.2, 0.25) is 0 Å². The Kier molecular flexibility index (Phi) is 7.00. The van der Waals surface area contributed by atoms with Crippen LogP contribution in [0.25, 0.3) is 10.9 Å². The number of rotatable bonds is 6. The van der Waals surface area contributed by atoms with Crippen molar-refractivity contribution in [2.75, 3.05) is 32.6 Å². The highest BCUT2D eigenvalue weighted by atomic mass is 19.1. The number of hydrogen-bond donors (Lipinski definition) is 2. The Bertz CT molecular complexity index is 1490. The van der Waals surface area contributed by atoms with Gasteiger partial charge in [0, 0.05) is 36.1 Å². The van der Waals surface area contributed by atoms with Crippen molar-refractivity contribution in [3.63, 3.8) is 0 Å². The van der Waals surface area contributed by atoms with Gasteiger partial charge in [-0.1, -0.05) is 18.2 Å². The fourth-order valence-electron chi connectivity index (χ4n) is 4.90. The van der Waals surface area contributed by atoms with Crippen molar-refractivity contribution < 1.29 is 27.8 Å². The molecule has 0 saturated carbocycles. The molecule has 1 aliphatic heterocycles. The number of ether oxygens (including phenoxy) is 2. The third-order valence-electron chi connectivity index (χ3n) is 7.02. The van der Waals surface area contributed by atoms with Crippen molar-refractivity contribution in [3.05, 3.63) is 89.1 Å². The molecule has 0 aliphatic carbocycles. The van der Waals surface area contributed by atoms with Crippen molar-refractivity contribution in [2.45, 2.75) is 18.8 Å².